The molecule has 0 radical (unpaired) electrons. The van der Waals surface area contributed by atoms with E-state index in [1.807, 2.05) is 6.92 Å². The summed E-state index contributed by atoms with van der Waals surface area (Å²) >= 11 is 0. The number of aryl methyl sites for hydroxylation is 1. The number of sulfonamides is 1. The molecule has 0 spiro atoms. The predicted octanol–water partition coefficient (Wildman–Crippen LogP) is 0.779. The van der Waals surface area contributed by atoms with Gasteiger partial charge in [-0.15, -0.1) is 0 Å². The van der Waals surface area contributed by atoms with E-state index in [4.69, 9.17) is 5.73 Å². The van der Waals surface area contributed by atoms with Gasteiger partial charge in [0.05, 0.1) is 18.6 Å². The third kappa shape index (κ3) is 2.69. The number of anilines is 1. The molecule has 1 heterocycles. The largest absolute Gasteiger partial charge is 0.398 e. The number of benzene rings is 1. The van der Waals surface area contributed by atoms with E-state index in [0.29, 0.717) is 5.69 Å². The van der Waals surface area contributed by atoms with Gasteiger partial charge in [0, 0.05) is 11.9 Å². The van der Waals surface area contributed by atoms with E-state index in [0.717, 1.165) is 5.56 Å². The molecule has 0 saturated heterocycles. The minimum absolute atomic E-state index is 0.0904. The number of hydrogen-bond donors (Lipinski definition) is 3. The van der Waals surface area contributed by atoms with Crippen molar-refractivity contribution in [2.45, 2.75) is 18.4 Å². The van der Waals surface area contributed by atoms with Crippen LogP contribution in [0.15, 0.2) is 35.6 Å². The summed E-state index contributed by atoms with van der Waals surface area (Å²) in [5.74, 6) is 0. The lowest BCUT2D eigenvalue weighted by molar-refractivity contribution is 0.581. The number of nitrogen functional groups attached to an aromatic ring is 1. The van der Waals surface area contributed by atoms with Gasteiger partial charge in [0.25, 0.3) is 0 Å². The summed E-state index contributed by atoms with van der Waals surface area (Å²) in [4.78, 5) is 6.72. The molecule has 0 atom stereocenters. The second kappa shape index (κ2) is 4.79. The fourth-order valence-electron chi connectivity index (χ4n) is 1.54. The molecule has 0 fully saturated rings. The normalized spacial score (nSPS) is 11.6. The highest BCUT2D eigenvalue weighted by molar-refractivity contribution is 7.89. The van der Waals surface area contributed by atoms with Gasteiger partial charge in [-0.1, -0.05) is 6.07 Å². The molecule has 2 rings (SSSR count). The number of aromatic amines is 1. The Bertz CT molecular complexity index is 635. The smallest absolute Gasteiger partial charge is 0.242 e. The van der Waals surface area contributed by atoms with E-state index in [1.54, 1.807) is 18.3 Å². The van der Waals surface area contributed by atoms with Crippen molar-refractivity contribution in [3.05, 3.63) is 42.0 Å². The van der Waals surface area contributed by atoms with E-state index in [1.165, 1.54) is 12.4 Å². The van der Waals surface area contributed by atoms with Crippen LogP contribution in [0.5, 0.6) is 0 Å². The first-order valence-electron chi connectivity index (χ1n) is 5.32. The van der Waals surface area contributed by atoms with Gasteiger partial charge in [-0.3, -0.25) is 0 Å². The number of imidazole rings is 1. The average Bonchev–Trinajstić information content (AvgIpc) is 2.78. The maximum absolute atomic E-state index is 12.0. The van der Waals surface area contributed by atoms with Crippen LogP contribution in [-0.4, -0.2) is 18.4 Å². The molecule has 0 aliphatic heterocycles. The van der Waals surface area contributed by atoms with Crippen LogP contribution >= 0.6 is 0 Å². The predicted molar refractivity (Wildman–Crippen MR) is 68.2 cm³/mol. The topological polar surface area (TPSA) is 101 Å². The zero-order chi connectivity index (χ0) is 13.2. The van der Waals surface area contributed by atoms with Crippen LogP contribution in [0.1, 0.15) is 11.3 Å². The lowest BCUT2D eigenvalue weighted by Crippen LogP contribution is -2.24. The number of aromatic nitrogens is 2. The molecule has 2 aromatic rings. The number of nitrogens with two attached hydrogens (primary N) is 1. The van der Waals surface area contributed by atoms with E-state index in [9.17, 15) is 8.42 Å². The third-order valence-corrected chi connectivity index (χ3v) is 3.94. The van der Waals surface area contributed by atoms with Crippen LogP contribution in [0, 0.1) is 6.92 Å². The van der Waals surface area contributed by atoms with Crippen molar-refractivity contribution < 1.29 is 8.42 Å². The number of nitrogens with one attached hydrogen (secondary N) is 2. The van der Waals surface area contributed by atoms with Gasteiger partial charge in [0.15, 0.2) is 0 Å². The average molecular weight is 266 g/mol. The van der Waals surface area contributed by atoms with Gasteiger partial charge in [-0.05, 0) is 24.6 Å². The lowest BCUT2D eigenvalue weighted by Gasteiger charge is -2.08. The first-order chi connectivity index (χ1) is 8.49. The highest BCUT2D eigenvalue weighted by Crippen LogP contribution is 2.19. The molecule has 1 aromatic heterocycles. The van der Waals surface area contributed by atoms with Crippen molar-refractivity contribution in [1.82, 2.24) is 14.7 Å². The minimum atomic E-state index is -3.61. The van der Waals surface area contributed by atoms with Gasteiger partial charge in [-0.2, -0.15) is 0 Å². The molecular formula is C11H14N4O2S. The van der Waals surface area contributed by atoms with E-state index in [-0.39, 0.29) is 17.1 Å². The van der Waals surface area contributed by atoms with E-state index in [2.05, 4.69) is 14.7 Å². The third-order valence-electron chi connectivity index (χ3n) is 2.46. The maximum Gasteiger partial charge on any atom is 0.242 e. The molecule has 0 bridgehead atoms. The van der Waals surface area contributed by atoms with Gasteiger partial charge in [-0.25, -0.2) is 18.1 Å². The second-order valence-electron chi connectivity index (χ2n) is 3.94. The van der Waals surface area contributed by atoms with Crippen LogP contribution in [0.4, 0.5) is 5.69 Å². The SMILES string of the molecule is Cc1ccc(S(=O)(=O)NCc2cnc[nH]2)c(N)c1. The molecule has 0 unspecified atom stereocenters. The maximum atomic E-state index is 12.0. The molecular weight excluding hydrogens is 252 g/mol. The first-order valence-corrected chi connectivity index (χ1v) is 6.80. The lowest BCUT2D eigenvalue weighted by atomic mass is 10.2. The molecule has 18 heavy (non-hydrogen) atoms. The summed E-state index contributed by atoms with van der Waals surface area (Å²) in [6.45, 7) is 2.00. The summed E-state index contributed by atoms with van der Waals surface area (Å²) in [6, 6.07) is 4.84. The zero-order valence-corrected chi connectivity index (χ0v) is 10.7. The fourth-order valence-corrected chi connectivity index (χ4v) is 2.66. The summed E-state index contributed by atoms with van der Waals surface area (Å²) in [5.41, 5.74) is 7.56. The molecule has 7 heteroatoms. The van der Waals surface area contributed by atoms with Gasteiger partial charge >= 0.3 is 0 Å². The monoisotopic (exact) mass is 266 g/mol. The fraction of sp³-hybridized carbons (Fsp3) is 0.182. The number of rotatable bonds is 4. The Balaban J connectivity index is 2.20. The van der Waals surface area contributed by atoms with Crippen LogP contribution in [0.3, 0.4) is 0 Å². The van der Waals surface area contributed by atoms with Crippen molar-refractivity contribution in [1.29, 1.82) is 0 Å². The van der Waals surface area contributed by atoms with Crippen LogP contribution < -0.4 is 10.5 Å². The minimum Gasteiger partial charge on any atom is -0.398 e. The highest BCUT2D eigenvalue weighted by Gasteiger charge is 2.17. The summed E-state index contributed by atoms with van der Waals surface area (Å²) in [5, 5.41) is 0. The number of nitrogens with zero attached hydrogens (tertiary/aromatic N) is 1. The number of H-pyrrole nitrogens is 1. The Kier molecular flexibility index (Phi) is 3.35. The van der Waals surface area contributed by atoms with Crippen molar-refractivity contribution in [3.8, 4) is 0 Å². The van der Waals surface area contributed by atoms with Gasteiger partial charge < -0.3 is 10.7 Å². The Morgan fingerprint density at radius 3 is 2.83 bits per heavy atom. The van der Waals surface area contributed by atoms with Crippen LogP contribution in [-0.2, 0) is 16.6 Å². The Labute approximate surface area is 105 Å². The van der Waals surface area contributed by atoms with Crippen molar-refractivity contribution in [2.24, 2.45) is 0 Å². The van der Waals surface area contributed by atoms with Gasteiger partial charge in [0.2, 0.25) is 10.0 Å². The number of hydrogen-bond acceptors (Lipinski definition) is 4. The second-order valence-corrected chi connectivity index (χ2v) is 5.68. The Morgan fingerprint density at radius 1 is 1.44 bits per heavy atom. The molecule has 96 valence electrons. The van der Waals surface area contributed by atoms with Crippen LogP contribution in [0.2, 0.25) is 0 Å². The van der Waals surface area contributed by atoms with Crippen molar-refractivity contribution in [3.63, 3.8) is 0 Å². The van der Waals surface area contributed by atoms with E-state index < -0.39 is 10.0 Å². The Hall–Kier alpha value is -1.86. The molecule has 1 aromatic carbocycles. The quantitative estimate of drug-likeness (QED) is 0.712. The molecule has 4 N–H and O–H groups in total. The summed E-state index contributed by atoms with van der Waals surface area (Å²) < 4.78 is 26.5. The molecule has 6 nitrogen and oxygen atoms in total. The highest BCUT2D eigenvalue weighted by atomic mass is 32.2. The molecule has 0 saturated carbocycles. The van der Waals surface area contributed by atoms with Crippen molar-refractivity contribution in [2.75, 3.05) is 5.73 Å². The first kappa shape index (κ1) is 12.6. The van der Waals surface area contributed by atoms with Gasteiger partial charge in [0.1, 0.15) is 4.90 Å². The molecule has 0 amide bonds. The summed E-state index contributed by atoms with van der Waals surface area (Å²) in [7, 11) is -3.61. The standard InChI is InChI=1S/C11H14N4O2S/c1-8-2-3-11(10(12)4-8)18(16,17)15-6-9-5-13-7-14-9/h2-5,7,15H,6,12H2,1H3,(H,13,14). The van der Waals surface area contributed by atoms with Crippen LogP contribution in [0.25, 0.3) is 0 Å². The summed E-state index contributed by atoms with van der Waals surface area (Å²) in [6.07, 6.45) is 3.05. The Morgan fingerprint density at radius 2 is 2.22 bits per heavy atom. The van der Waals surface area contributed by atoms with E-state index >= 15 is 0 Å². The zero-order valence-electron chi connectivity index (χ0n) is 9.84. The molecule has 0 aliphatic rings. The molecule has 0 aliphatic carbocycles. The van der Waals surface area contributed by atoms with Crippen molar-refractivity contribution >= 4 is 15.7 Å².